The van der Waals surface area contributed by atoms with Gasteiger partial charge >= 0.3 is 0 Å². The molecule has 0 spiro atoms. The predicted octanol–water partition coefficient (Wildman–Crippen LogP) is 17.8. The number of halogens is 1. The van der Waals surface area contributed by atoms with Gasteiger partial charge in [-0.1, -0.05) is 105 Å². The molecule has 0 fully saturated rings. The highest BCUT2D eigenvalue weighted by molar-refractivity contribution is 9.10. The Bertz CT molecular complexity index is 1610. The lowest BCUT2D eigenvalue weighted by molar-refractivity contribution is 0.445. The van der Waals surface area contributed by atoms with Crippen LogP contribution in [-0.2, 0) is 6.42 Å². The lowest BCUT2D eigenvalue weighted by Crippen LogP contribution is -1.94. The molecule has 0 atom stereocenters. The summed E-state index contributed by atoms with van der Waals surface area (Å²) >= 11 is 3.47. The van der Waals surface area contributed by atoms with Crippen LogP contribution < -0.4 is 0 Å². The lowest BCUT2D eigenvalue weighted by Gasteiger charge is -2.14. The fourth-order valence-electron chi connectivity index (χ4n) is 6.68. The van der Waals surface area contributed by atoms with Crippen molar-refractivity contribution < 1.29 is 10.2 Å². The maximum atomic E-state index is 10.6. The molecule has 0 unspecified atom stereocenters. The van der Waals surface area contributed by atoms with E-state index in [4.69, 9.17) is 0 Å². The van der Waals surface area contributed by atoms with Crippen molar-refractivity contribution in [2.45, 2.75) is 192 Å². The SMILES string of the molecule is CC(C)=CCC/C(C)=C/CC/C(C)=C/CC/C(C)=C/CC/C(C)=C/CC/C(C)=C/CC/C(C)=C/CC/C(C)=C/CC/C(C)=C/Cc1c(Br)c(O)c(C)c(C)[13c]1O. The molecular formula is C53H81BrO2. The lowest BCUT2D eigenvalue weighted by atomic mass is 10.0. The minimum absolute atomic E-state index is 0.218. The summed E-state index contributed by atoms with van der Waals surface area (Å²) < 4.78 is 0.594. The number of phenols is 2. The molecule has 2 nitrogen and oxygen atoms in total. The standard InChI is InChI=1S/C53H81BrO2/c1-39(2)21-13-22-40(3)23-14-24-41(4)25-15-26-42(5)27-16-28-43(6)29-17-30-44(7)31-18-32-45(8)33-19-34-46(9)35-20-36-47(10)37-38-50-51(54)53(56)49(12)48(11)52(50)55/h21,23,25,27,29,31,33,35,37,55-56H,13-20,22,24,26,28,30,32,34,36,38H2,1-12H3/b40-23+,41-25+,42-27+,43-29+,44-31+,45-33+,46-35+,47-37+/i52+1. The predicted molar refractivity (Wildman–Crippen MR) is 254 cm³/mol. The molecule has 0 aliphatic carbocycles. The zero-order chi connectivity index (χ0) is 42.0. The van der Waals surface area contributed by atoms with E-state index in [2.05, 4.69) is 140 Å². The number of rotatable bonds is 26. The molecule has 0 aromatic heterocycles. The van der Waals surface area contributed by atoms with Gasteiger partial charge in [0.2, 0.25) is 0 Å². The number of benzene rings is 1. The zero-order valence-corrected chi connectivity index (χ0v) is 39.6. The molecule has 1 rings (SSSR count). The molecule has 1 aromatic carbocycles. The van der Waals surface area contributed by atoms with Crippen LogP contribution in [0.1, 0.15) is 189 Å². The van der Waals surface area contributed by atoms with Crippen molar-refractivity contribution in [1.29, 1.82) is 0 Å². The van der Waals surface area contributed by atoms with Gasteiger partial charge in [-0.05, 0) is 219 Å². The number of allylic oxidation sites excluding steroid dienone is 18. The Hall–Kier alpha value is -3.04. The molecule has 0 amide bonds. The highest BCUT2D eigenvalue weighted by atomic mass is 79.9. The Morgan fingerprint density at radius 2 is 0.607 bits per heavy atom. The summed E-state index contributed by atoms with van der Waals surface area (Å²) in [6.45, 7) is 26.1. The van der Waals surface area contributed by atoms with E-state index in [1.54, 1.807) is 0 Å². The second-order valence-electron chi connectivity index (χ2n) is 16.9. The van der Waals surface area contributed by atoms with Gasteiger partial charge in [-0.3, -0.25) is 0 Å². The Kier molecular flexibility index (Phi) is 26.6. The second-order valence-corrected chi connectivity index (χ2v) is 17.7. The average molecular weight is 831 g/mol. The maximum absolute atomic E-state index is 10.6. The van der Waals surface area contributed by atoms with Gasteiger partial charge < -0.3 is 10.2 Å². The molecule has 312 valence electrons. The van der Waals surface area contributed by atoms with Crippen LogP contribution in [-0.4, -0.2) is 10.2 Å². The highest BCUT2D eigenvalue weighted by Gasteiger charge is 2.16. The first-order valence-corrected chi connectivity index (χ1v) is 22.4. The third-order valence-electron chi connectivity index (χ3n) is 11.0. The van der Waals surface area contributed by atoms with Crippen LogP contribution in [0.25, 0.3) is 0 Å². The maximum Gasteiger partial charge on any atom is 0.133 e. The summed E-state index contributed by atoms with van der Waals surface area (Å²) in [4.78, 5) is 0. The molecule has 0 bridgehead atoms. The molecule has 1 aromatic rings. The largest absolute Gasteiger partial charge is 0.507 e. The first-order valence-electron chi connectivity index (χ1n) is 21.6. The topological polar surface area (TPSA) is 40.5 Å². The Balaban J connectivity index is 2.30. The Morgan fingerprint density at radius 1 is 0.375 bits per heavy atom. The summed E-state index contributed by atoms with van der Waals surface area (Å²) in [6, 6.07) is 0. The fourth-order valence-corrected chi connectivity index (χ4v) is 7.33. The molecule has 0 saturated heterocycles. The van der Waals surface area contributed by atoms with E-state index in [9.17, 15) is 10.2 Å². The highest BCUT2D eigenvalue weighted by Crippen LogP contribution is 2.40. The smallest absolute Gasteiger partial charge is 0.133 e. The normalized spacial score (nSPS) is 14.2. The quantitative estimate of drug-likeness (QED) is 0.0721. The number of aromatic hydroxyl groups is 2. The average Bonchev–Trinajstić information content (AvgIpc) is 3.13. The van der Waals surface area contributed by atoms with E-state index in [-0.39, 0.29) is 11.5 Å². The first-order chi connectivity index (χ1) is 26.5. The van der Waals surface area contributed by atoms with Gasteiger partial charge in [0.05, 0.1) is 4.47 Å². The van der Waals surface area contributed by atoms with Crippen molar-refractivity contribution in [3.8, 4) is 11.5 Å². The van der Waals surface area contributed by atoms with E-state index in [0.29, 0.717) is 16.5 Å². The van der Waals surface area contributed by atoms with Crippen LogP contribution in [0.3, 0.4) is 0 Å². The van der Waals surface area contributed by atoms with E-state index in [1.807, 2.05) is 13.8 Å². The summed E-state index contributed by atoms with van der Waals surface area (Å²) in [5.74, 6) is 0.486. The number of hydrogen-bond donors (Lipinski definition) is 2. The van der Waals surface area contributed by atoms with Crippen LogP contribution >= 0.6 is 15.9 Å². The van der Waals surface area contributed by atoms with Crippen LogP contribution in [0.5, 0.6) is 11.5 Å². The van der Waals surface area contributed by atoms with Gasteiger partial charge in [-0.25, -0.2) is 0 Å². The fraction of sp³-hybridized carbons (Fsp3) is 0.547. The van der Waals surface area contributed by atoms with Crippen molar-refractivity contribution in [2.24, 2.45) is 0 Å². The molecule has 0 aliphatic heterocycles. The van der Waals surface area contributed by atoms with Gasteiger partial charge in [-0.2, -0.15) is 0 Å². The van der Waals surface area contributed by atoms with Crippen molar-refractivity contribution in [1.82, 2.24) is 0 Å². The first kappa shape index (κ1) is 51.0. The minimum atomic E-state index is 0.218. The number of hydrogen-bond acceptors (Lipinski definition) is 2. The second kappa shape index (κ2) is 29.2. The summed E-state index contributed by atoms with van der Waals surface area (Å²) in [5, 5.41) is 21.0. The molecule has 3 heteroatoms. The third-order valence-corrected chi connectivity index (χ3v) is 11.9. The third kappa shape index (κ3) is 23.3. The summed E-state index contributed by atoms with van der Waals surface area (Å²) in [6.07, 6.45) is 40.2. The summed E-state index contributed by atoms with van der Waals surface area (Å²) in [5.41, 5.74) is 15.4. The molecule has 0 aliphatic rings. The Labute approximate surface area is 354 Å². The van der Waals surface area contributed by atoms with Crippen LogP contribution in [0.15, 0.2) is 109 Å². The van der Waals surface area contributed by atoms with Crippen molar-refractivity contribution in [3.05, 3.63) is 126 Å². The van der Waals surface area contributed by atoms with Gasteiger partial charge in [0, 0.05) is 5.56 Å². The van der Waals surface area contributed by atoms with Crippen molar-refractivity contribution in [3.63, 3.8) is 0 Å². The Morgan fingerprint density at radius 3 is 0.875 bits per heavy atom. The van der Waals surface area contributed by atoms with E-state index in [0.717, 1.165) is 94.6 Å². The molecule has 2 N–H and O–H groups in total. The summed E-state index contributed by atoms with van der Waals surface area (Å²) in [7, 11) is 0. The van der Waals surface area contributed by atoms with E-state index >= 15 is 0 Å². The molecule has 56 heavy (non-hydrogen) atoms. The van der Waals surface area contributed by atoms with Gasteiger partial charge in [0.25, 0.3) is 0 Å². The number of phenolic OH excluding ortho intramolecular Hbond substituents is 2. The van der Waals surface area contributed by atoms with Gasteiger partial charge in [0.1, 0.15) is 11.5 Å². The van der Waals surface area contributed by atoms with Gasteiger partial charge in [0.15, 0.2) is 0 Å². The van der Waals surface area contributed by atoms with Crippen LogP contribution in [0.2, 0.25) is 0 Å². The van der Waals surface area contributed by atoms with Gasteiger partial charge in [-0.15, -0.1) is 0 Å². The molecule has 0 radical (unpaired) electrons. The van der Waals surface area contributed by atoms with Crippen LogP contribution in [0.4, 0.5) is 0 Å². The molecule has 0 heterocycles. The molecule has 0 saturated carbocycles. The van der Waals surface area contributed by atoms with E-state index in [1.165, 1.54) is 69.4 Å². The van der Waals surface area contributed by atoms with Crippen LogP contribution in [0, 0.1) is 13.8 Å². The minimum Gasteiger partial charge on any atom is -0.507 e. The van der Waals surface area contributed by atoms with E-state index < -0.39 is 0 Å². The van der Waals surface area contributed by atoms with Crippen molar-refractivity contribution in [2.75, 3.05) is 0 Å². The monoisotopic (exact) mass is 830 g/mol. The zero-order valence-electron chi connectivity index (χ0n) is 38.0. The van der Waals surface area contributed by atoms with Crippen molar-refractivity contribution >= 4 is 15.9 Å². The molecular weight excluding hydrogens is 749 g/mol.